The lowest BCUT2D eigenvalue weighted by Crippen LogP contribution is -2.54. The molecule has 0 aromatic rings. The summed E-state index contributed by atoms with van der Waals surface area (Å²) in [4.78, 5) is 79.5. The number of fused-ring (bicyclic) bond motifs is 1. The minimum atomic E-state index is -1.09. The molecule has 3 aliphatic carbocycles. The molecule has 3 fully saturated rings. The minimum absolute atomic E-state index is 0.00509. The summed E-state index contributed by atoms with van der Waals surface area (Å²) in [5.74, 6) is -3.24. The van der Waals surface area contributed by atoms with Crippen LogP contribution in [0.5, 0.6) is 0 Å². The number of hydrogen-bond donors (Lipinski definition) is 3. The number of allylic oxidation sites excluding steroid dienone is 1. The lowest BCUT2D eigenvalue weighted by molar-refractivity contribution is -0.141. The minimum Gasteiger partial charge on any atom is -0.444 e. The highest BCUT2D eigenvalue weighted by Gasteiger charge is 2.70. The average Bonchev–Trinajstić information content (AvgIpc) is 3.27. The van der Waals surface area contributed by atoms with E-state index >= 15 is 0 Å². The predicted molar refractivity (Wildman–Crippen MR) is 176 cm³/mol. The molecule has 0 aromatic heterocycles. The second kappa shape index (κ2) is 15.7. The molecule has 10 nitrogen and oxygen atoms in total. The van der Waals surface area contributed by atoms with Gasteiger partial charge in [0.1, 0.15) is 11.4 Å². The number of hydrogen-bond acceptors (Lipinski definition) is 7. The molecule has 3 saturated carbocycles. The van der Waals surface area contributed by atoms with E-state index in [1.165, 1.54) is 0 Å². The first kappa shape index (κ1) is 37.4. The summed E-state index contributed by atoms with van der Waals surface area (Å²) in [5.41, 5.74) is -0.868. The summed E-state index contributed by atoms with van der Waals surface area (Å²) in [7, 11) is 0. The quantitative estimate of drug-likeness (QED) is 0.157. The first-order valence-electron chi connectivity index (χ1n) is 17.3. The summed E-state index contributed by atoms with van der Waals surface area (Å²) in [5, 5.41) is 8.26. The van der Waals surface area contributed by atoms with Crippen LogP contribution in [-0.2, 0) is 28.7 Å². The van der Waals surface area contributed by atoms with Crippen LogP contribution in [0, 0.1) is 40.9 Å². The Morgan fingerprint density at radius 1 is 1.00 bits per heavy atom. The van der Waals surface area contributed by atoms with Crippen molar-refractivity contribution in [1.29, 1.82) is 0 Å². The highest BCUT2D eigenvalue weighted by atomic mass is 16.6. The standard InChI is InChI=1S/C36H57N3O7/c1-9-10-16-26(31(42)33(44)37-18-17-23(40)19-21(2)3)38-32(43)27-24(20-25-28(27)36(25,7)8)30(41)29(22-14-12-11-13-15-22)39-34(45)46-35(4,5)6/h9,21-22,24-29H,1,10-20H2,2-8H3,(H,37,44)(H,38,43)(H,39,45)/t24?,25-,26?,27-,28-,29-/m0/s1. The van der Waals surface area contributed by atoms with Gasteiger partial charge in [-0.15, -0.1) is 6.58 Å². The number of alkyl carbamates (subject to hydrolysis) is 1. The number of carbonyl (C=O) groups is 6. The van der Waals surface area contributed by atoms with Gasteiger partial charge in [0.2, 0.25) is 11.7 Å². The third kappa shape index (κ3) is 9.74. The molecule has 46 heavy (non-hydrogen) atoms. The third-order valence-corrected chi connectivity index (χ3v) is 10.1. The van der Waals surface area contributed by atoms with E-state index in [1.54, 1.807) is 26.8 Å². The summed E-state index contributed by atoms with van der Waals surface area (Å²) in [6.07, 6.45) is 7.25. The van der Waals surface area contributed by atoms with E-state index in [9.17, 15) is 28.8 Å². The van der Waals surface area contributed by atoms with Crippen molar-refractivity contribution in [2.24, 2.45) is 40.9 Å². The number of Topliss-reactive ketones (excluding diaryl/α,β-unsaturated/α-hetero) is 3. The third-order valence-electron chi connectivity index (χ3n) is 10.1. The van der Waals surface area contributed by atoms with Gasteiger partial charge in [-0.25, -0.2) is 4.79 Å². The molecular formula is C36H57N3O7. The fraction of sp³-hybridized carbons (Fsp3) is 0.778. The largest absolute Gasteiger partial charge is 0.444 e. The van der Waals surface area contributed by atoms with Gasteiger partial charge >= 0.3 is 6.09 Å². The Morgan fingerprint density at radius 2 is 1.65 bits per heavy atom. The summed E-state index contributed by atoms with van der Waals surface area (Å²) in [6, 6.07) is -1.86. The molecule has 3 aliphatic rings. The molecule has 3 N–H and O–H groups in total. The van der Waals surface area contributed by atoms with Gasteiger partial charge in [-0.05, 0) is 82.0 Å². The Balaban J connectivity index is 1.78. The smallest absolute Gasteiger partial charge is 0.408 e. The molecule has 0 radical (unpaired) electrons. The molecule has 258 valence electrons. The number of ether oxygens (including phenoxy) is 1. The van der Waals surface area contributed by atoms with Gasteiger partial charge in [0.15, 0.2) is 5.78 Å². The summed E-state index contributed by atoms with van der Waals surface area (Å²) >= 11 is 0. The normalized spacial score (nSPS) is 25.0. The van der Waals surface area contributed by atoms with Gasteiger partial charge in [-0.1, -0.05) is 53.0 Å². The lowest BCUT2D eigenvalue weighted by atomic mass is 9.74. The molecule has 0 heterocycles. The van der Waals surface area contributed by atoms with Crippen molar-refractivity contribution in [3.63, 3.8) is 0 Å². The van der Waals surface area contributed by atoms with Crippen LogP contribution in [-0.4, -0.2) is 59.5 Å². The second-order valence-corrected chi connectivity index (χ2v) is 15.7. The van der Waals surface area contributed by atoms with Crippen LogP contribution in [0.4, 0.5) is 4.79 Å². The first-order chi connectivity index (χ1) is 21.5. The highest BCUT2D eigenvalue weighted by Crippen LogP contribution is 2.71. The number of nitrogens with one attached hydrogen (secondary N) is 3. The fourth-order valence-electron chi connectivity index (χ4n) is 7.75. The molecule has 0 aromatic carbocycles. The zero-order chi connectivity index (χ0) is 34.4. The summed E-state index contributed by atoms with van der Waals surface area (Å²) in [6.45, 7) is 17.1. The molecule has 0 aliphatic heterocycles. The number of amides is 3. The van der Waals surface area contributed by atoms with E-state index in [2.05, 4.69) is 36.4 Å². The average molecular weight is 644 g/mol. The van der Waals surface area contributed by atoms with Gasteiger partial charge in [0.25, 0.3) is 5.91 Å². The maximum Gasteiger partial charge on any atom is 0.408 e. The van der Waals surface area contributed by atoms with Gasteiger partial charge in [0, 0.05) is 25.3 Å². The van der Waals surface area contributed by atoms with Crippen molar-refractivity contribution >= 4 is 35.3 Å². The molecular weight excluding hydrogens is 586 g/mol. The molecule has 3 amide bonds. The molecule has 0 bridgehead atoms. The van der Waals surface area contributed by atoms with Crippen LogP contribution >= 0.6 is 0 Å². The Morgan fingerprint density at radius 3 is 2.24 bits per heavy atom. The van der Waals surface area contributed by atoms with Gasteiger partial charge in [0.05, 0.1) is 18.0 Å². The molecule has 0 saturated heterocycles. The Hall–Kier alpha value is -3.04. The van der Waals surface area contributed by atoms with Crippen molar-refractivity contribution < 1.29 is 33.5 Å². The maximum absolute atomic E-state index is 14.4. The van der Waals surface area contributed by atoms with Crippen molar-refractivity contribution in [2.75, 3.05) is 6.54 Å². The molecule has 10 heteroatoms. The topological polar surface area (TPSA) is 148 Å². The van der Waals surface area contributed by atoms with Crippen LogP contribution in [0.1, 0.15) is 113 Å². The van der Waals surface area contributed by atoms with E-state index in [4.69, 9.17) is 4.74 Å². The zero-order valence-electron chi connectivity index (χ0n) is 29.0. The van der Waals surface area contributed by atoms with E-state index < -0.39 is 53.2 Å². The van der Waals surface area contributed by atoms with Crippen molar-refractivity contribution in [2.45, 2.75) is 130 Å². The second-order valence-electron chi connectivity index (χ2n) is 15.7. The van der Waals surface area contributed by atoms with Crippen molar-refractivity contribution in [1.82, 2.24) is 16.0 Å². The Bertz CT molecular complexity index is 1160. The Labute approximate surface area is 275 Å². The van der Waals surface area contributed by atoms with Crippen LogP contribution in [0.2, 0.25) is 0 Å². The van der Waals surface area contributed by atoms with Crippen molar-refractivity contribution in [3.05, 3.63) is 12.7 Å². The molecule has 3 rings (SSSR count). The number of rotatable bonds is 16. The van der Waals surface area contributed by atoms with Crippen LogP contribution in [0.25, 0.3) is 0 Å². The van der Waals surface area contributed by atoms with Gasteiger partial charge in [-0.3, -0.25) is 24.0 Å². The van der Waals surface area contributed by atoms with Gasteiger partial charge in [-0.2, -0.15) is 0 Å². The van der Waals surface area contributed by atoms with E-state index in [1.807, 2.05) is 13.8 Å². The van der Waals surface area contributed by atoms with Gasteiger partial charge < -0.3 is 20.7 Å². The number of carbonyl (C=O) groups excluding carboxylic acids is 6. The van der Waals surface area contributed by atoms with Crippen LogP contribution in [0.3, 0.4) is 0 Å². The Kier molecular flexibility index (Phi) is 12.8. The summed E-state index contributed by atoms with van der Waals surface area (Å²) < 4.78 is 5.52. The van der Waals surface area contributed by atoms with Crippen LogP contribution < -0.4 is 16.0 Å². The number of ketones is 3. The first-order valence-corrected chi connectivity index (χ1v) is 17.3. The van der Waals surface area contributed by atoms with Crippen molar-refractivity contribution in [3.8, 4) is 0 Å². The monoisotopic (exact) mass is 643 g/mol. The predicted octanol–water partition coefficient (Wildman–Crippen LogP) is 5.08. The van der Waals surface area contributed by atoms with Crippen LogP contribution in [0.15, 0.2) is 12.7 Å². The highest BCUT2D eigenvalue weighted by molar-refractivity contribution is 6.38. The fourth-order valence-corrected chi connectivity index (χ4v) is 7.75. The maximum atomic E-state index is 14.4. The molecule has 0 spiro atoms. The molecule has 2 unspecified atom stereocenters. The zero-order valence-corrected chi connectivity index (χ0v) is 29.0. The SMILES string of the molecule is C=CCCC(NC(=O)[C@H]1C(C(=O)[C@@H](NC(=O)OC(C)(C)C)C2CCCCC2)C[C@H]2[C@@H]1C2(C)C)C(=O)C(=O)NCCC(=O)CC(C)C. The lowest BCUT2D eigenvalue weighted by Gasteiger charge is -2.35. The van der Waals surface area contributed by atoms with E-state index in [0.29, 0.717) is 19.3 Å². The molecule has 6 atom stereocenters. The van der Waals surface area contributed by atoms with E-state index in [0.717, 1.165) is 32.1 Å². The van der Waals surface area contributed by atoms with E-state index in [-0.39, 0.29) is 60.0 Å².